The van der Waals surface area contributed by atoms with Gasteiger partial charge in [-0.05, 0) is 62.3 Å². The van der Waals surface area contributed by atoms with Crippen molar-refractivity contribution in [3.63, 3.8) is 0 Å². The van der Waals surface area contributed by atoms with Gasteiger partial charge < -0.3 is 10.6 Å². The SMILES string of the molecule is CC(N)C1CCCN(C2CC(C)(C)CC(C)(C)C2)C1. The maximum Gasteiger partial charge on any atom is 0.0106 e. The molecule has 1 saturated heterocycles. The summed E-state index contributed by atoms with van der Waals surface area (Å²) in [5.74, 6) is 0.710. The molecule has 1 heterocycles. The lowest BCUT2D eigenvalue weighted by molar-refractivity contribution is 0.00395. The number of nitrogens with two attached hydrogens (primary N) is 1. The number of nitrogens with zero attached hydrogens (tertiary/aromatic N) is 1. The van der Waals surface area contributed by atoms with Gasteiger partial charge in [-0.25, -0.2) is 0 Å². The van der Waals surface area contributed by atoms with Gasteiger partial charge in [0.2, 0.25) is 0 Å². The highest BCUT2D eigenvalue weighted by atomic mass is 15.2. The minimum absolute atomic E-state index is 0.354. The van der Waals surface area contributed by atoms with Crippen LogP contribution in [0.15, 0.2) is 0 Å². The van der Waals surface area contributed by atoms with Crippen molar-refractivity contribution >= 4 is 0 Å². The minimum Gasteiger partial charge on any atom is -0.328 e. The Morgan fingerprint density at radius 3 is 2.21 bits per heavy atom. The molecule has 2 nitrogen and oxygen atoms in total. The van der Waals surface area contributed by atoms with E-state index in [0.29, 0.717) is 22.8 Å². The highest BCUT2D eigenvalue weighted by molar-refractivity contribution is 4.94. The van der Waals surface area contributed by atoms with E-state index >= 15 is 0 Å². The van der Waals surface area contributed by atoms with E-state index in [-0.39, 0.29) is 0 Å². The van der Waals surface area contributed by atoms with Crippen LogP contribution in [0.1, 0.15) is 66.7 Å². The lowest BCUT2D eigenvalue weighted by atomic mass is 9.63. The Labute approximate surface area is 120 Å². The van der Waals surface area contributed by atoms with Crippen molar-refractivity contribution in [3.8, 4) is 0 Å². The van der Waals surface area contributed by atoms with Crippen molar-refractivity contribution in [2.24, 2.45) is 22.5 Å². The fourth-order valence-electron chi connectivity index (χ4n) is 4.85. The summed E-state index contributed by atoms with van der Waals surface area (Å²) < 4.78 is 0. The van der Waals surface area contributed by atoms with Crippen LogP contribution in [0, 0.1) is 16.7 Å². The average Bonchev–Trinajstić information content (AvgIpc) is 2.25. The highest BCUT2D eigenvalue weighted by Crippen LogP contribution is 2.47. The molecule has 2 atom stereocenters. The summed E-state index contributed by atoms with van der Waals surface area (Å²) in [5.41, 5.74) is 7.13. The highest BCUT2D eigenvalue weighted by Gasteiger charge is 2.41. The Bertz CT molecular complexity index is 290. The molecule has 2 rings (SSSR count). The summed E-state index contributed by atoms with van der Waals surface area (Å²) in [7, 11) is 0. The van der Waals surface area contributed by atoms with E-state index in [2.05, 4.69) is 39.5 Å². The van der Waals surface area contributed by atoms with Crippen LogP contribution in [0.2, 0.25) is 0 Å². The van der Waals surface area contributed by atoms with Crippen LogP contribution in [0.5, 0.6) is 0 Å². The van der Waals surface area contributed by atoms with Crippen molar-refractivity contribution in [1.29, 1.82) is 0 Å². The molecule has 0 aromatic heterocycles. The molecule has 2 N–H and O–H groups in total. The molecule has 1 aliphatic heterocycles. The summed E-state index contributed by atoms with van der Waals surface area (Å²) in [5, 5.41) is 0. The van der Waals surface area contributed by atoms with Crippen molar-refractivity contribution in [2.45, 2.75) is 78.8 Å². The van der Waals surface area contributed by atoms with Gasteiger partial charge in [-0.15, -0.1) is 0 Å². The van der Waals surface area contributed by atoms with Crippen molar-refractivity contribution in [1.82, 2.24) is 4.90 Å². The van der Waals surface area contributed by atoms with Gasteiger partial charge in [-0.2, -0.15) is 0 Å². The Morgan fingerprint density at radius 2 is 1.68 bits per heavy atom. The predicted molar refractivity (Wildman–Crippen MR) is 83.1 cm³/mol. The molecular weight excluding hydrogens is 232 g/mol. The monoisotopic (exact) mass is 266 g/mol. The van der Waals surface area contributed by atoms with Crippen molar-refractivity contribution in [3.05, 3.63) is 0 Å². The second-order valence-electron chi connectivity index (χ2n) is 8.82. The number of rotatable bonds is 2. The van der Waals surface area contributed by atoms with Crippen LogP contribution < -0.4 is 5.73 Å². The molecule has 0 amide bonds. The predicted octanol–water partition coefficient (Wildman–Crippen LogP) is 3.65. The maximum absolute atomic E-state index is 6.14. The molecule has 0 bridgehead atoms. The molecule has 0 aromatic rings. The van der Waals surface area contributed by atoms with Crippen LogP contribution in [0.25, 0.3) is 0 Å². The molecule has 0 radical (unpaired) electrons. The van der Waals surface area contributed by atoms with E-state index < -0.39 is 0 Å². The van der Waals surface area contributed by atoms with Crippen molar-refractivity contribution in [2.75, 3.05) is 13.1 Å². The molecule has 0 aromatic carbocycles. The molecule has 19 heavy (non-hydrogen) atoms. The second kappa shape index (κ2) is 5.37. The summed E-state index contributed by atoms with van der Waals surface area (Å²) in [6.07, 6.45) is 6.75. The third-order valence-corrected chi connectivity index (χ3v) is 5.28. The molecule has 112 valence electrons. The Morgan fingerprint density at radius 1 is 1.11 bits per heavy atom. The first-order valence-electron chi connectivity index (χ1n) is 8.18. The average molecular weight is 266 g/mol. The number of hydrogen-bond donors (Lipinski definition) is 1. The normalized spacial score (nSPS) is 34.1. The van der Waals surface area contributed by atoms with Gasteiger partial charge in [0, 0.05) is 18.6 Å². The first kappa shape index (κ1) is 15.3. The summed E-state index contributed by atoms with van der Waals surface area (Å²) in [6, 6.07) is 1.13. The molecule has 2 heteroatoms. The van der Waals surface area contributed by atoms with E-state index in [4.69, 9.17) is 5.73 Å². The minimum atomic E-state index is 0.354. The van der Waals surface area contributed by atoms with Gasteiger partial charge in [-0.1, -0.05) is 27.7 Å². The molecule has 1 aliphatic carbocycles. The van der Waals surface area contributed by atoms with E-state index in [9.17, 15) is 0 Å². The molecule has 2 aliphatic rings. The van der Waals surface area contributed by atoms with Gasteiger partial charge in [-0.3, -0.25) is 0 Å². The van der Waals surface area contributed by atoms with Crippen LogP contribution in [-0.4, -0.2) is 30.1 Å². The van der Waals surface area contributed by atoms with Crippen molar-refractivity contribution < 1.29 is 0 Å². The standard InChI is InChI=1S/C17H34N2/c1-13(18)14-7-6-8-19(11-14)15-9-16(2,3)12-17(4,5)10-15/h13-15H,6-12,18H2,1-5H3. The van der Waals surface area contributed by atoms with Gasteiger partial charge in [0.1, 0.15) is 0 Å². The van der Waals surface area contributed by atoms with Crippen LogP contribution in [0.4, 0.5) is 0 Å². The summed E-state index contributed by atoms with van der Waals surface area (Å²) in [4.78, 5) is 2.76. The van der Waals surface area contributed by atoms with Gasteiger partial charge in [0.15, 0.2) is 0 Å². The molecule has 2 unspecified atom stereocenters. The Hall–Kier alpha value is -0.0800. The van der Waals surface area contributed by atoms with Gasteiger partial charge in [0.05, 0.1) is 0 Å². The molecule has 0 spiro atoms. The van der Waals surface area contributed by atoms with E-state index in [1.807, 2.05) is 0 Å². The van der Waals surface area contributed by atoms with Gasteiger partial charge >= 0.3 is 0 Å². The first-order valence-corrected chi connectivity index (χ1v) is 8.18. The first-order chi connectivity index (χ1) is 8.69. The summed E-state index contributed by atoms with van der Waals surface area (Å²) in [6.45, 7) is 14.5. The fourth-order valence-corrected chi connectivity index (χ4v) is 4.85. The van der Waals surface area contributed by atoms with Crippen LogP contribution in [0.3, 0.4) is 0 Å². The molecular formula is C17H34N2. The lowest BCUT2D eigenvalue weighted by Gasteiger charge is -2.50. The zero-order chi connectivity index (χ0) is 14.3. The van der Waals surface area contributed by atoms with Crippen LogP contribution in [-0.2, 0) is 0 Å². The Balaban J connectivity index is 2.04. The van der Waals surface area contributed by atoms with Gasteiger partial charge in [0.25, 0.3) is 0 Å². The third-order valence-electron chi connectivity index (χ3n) is 5.28. The lowest BCUT2D eigenvalue weighted by Crippen LogP contribution is -2.51. The largest absolute Gasteiger partial charge is 0.328 e. The topological polar surface area (TPSA) is 29.3 Å². The quantitative estimate of drug-likeness (QED) is 0.826. The number of hydrogen-bond acceptors (Lipinski definition) is 2. The fraction of sp³-hybridized carbons (Fsp3) is 1.00. The zero-order valence-corrected chi connectivity index (χ0v) is 13.7. The molecule has 1 saturated carbocycles. The smallest absolute Gasteiger partial charge is 0.0106 e. The number of piperidine rings is 1. The Kier molecular flexibility index (Phi) is 4.32. The maximum atomic E-state index is 6.14. The number of likely N-dealkylation sites (tertiary alicyclic amines) is 1. The third kappa shape index (κ3) is 3.95. The zero-order valence-electron chi connectivity index (χ0n) is 13.7. The molecule has 2 fully saturated rings. The summed E-state index contributed by atoms with van der Waals surface area (Å²) >= 11 is 0. The van der Waals surface area contributed by atoms with E-state index in [1.54, 1.807) is 0 Å². The van der Waals surface area contributed by atoms with Crippen LogP contribution >= 0.6 is 0 Å². The van der Waals surface area contributed by atoms with E-state index in [1.165, 1.54) is 45.2 Å². The second-order valence-corrected chi connectivity index (χ2v) is 8.82. The van der Waals surface area contributed by atoms with E-state index in [0.717, 1.165) is 6.04 Å².